The first-order chi connectivity index (χ1) is 5.79. The third kappa shape index (κ3) is 15.3. The summed E-state index contributed by atoms with van der Waals surface area (Å²) in [6.07, 6.45) is 0. The zero-order valence-electron chi connectivity index (χ0n) is 7.72. The van der Waals surface area contributed by atoms with E-state index in [-0.39, 0.29) is 21.1 Å². The Balaban J connectivity index is 0. The standard InChI is InChI=1S/C8H9.Mo.H3O2PS2/c1-7-4-3-5-8(2)6-7;;1-3(2,4)5/h4-6H,1-2H3;;(H3,1,2,4,5)/q-1;+4;/p-3. The van der Waals surface area contributed by atoms with Crippen molar-refractivity contribution in [1.82, 2.24) is 0 Å². The quantitative estimate of drug-likeness (QED) is 0.303. The second-order valence-electron chi connectivity index (χ2n) is 2.53. The summed E-state index contributed by atoms with van der Waals surface area (Å²) in [6.45, 7) is 4.15. The van der Waals surface area contributed by atoms with E-state index in [1.807, 2.05) is 12.1 Å². The van der Waals surface area contributed by atoms with Crippen molar-refractivity contribution in [3.05, 3.63) is 35.4 Å². The van der Waals surface area contributed by atoms with E-state index < -0.39 is 5.69 Å². The van der Waals surface area contributed by atoms with Crippen molar-refractivity contribution in [2.75, 3.05) is 0 Å². The summed E-state index contributed by atoms with van der Waals surface area (Å²) in [5.74, 6) is 0. The van der Waals surface area contributed by atoms with Crippen molar-refractivity contribution in [3.63, 3.8) is 0 Å². The van der Waals surface area contributed by atoms with Gasteiger partial charge in [0.1, 0.15) is 0 Å². The van der Waals surface area contributed by atoms with Crippen LogP contribution in [0.3, 0.4) is 0 Å². The van der Waals surface area contributed by atoms with Crippen LogP contribution in [0.4, 0.5) is 0 Å². The zero-order chi connectivity index (χ0) is 10.5. The molecule has 0 saturated carbocycles. The van der Waals surface area contributed by atoms with Gasteiger partial charge >= 0.3 is 21.1 Å². The van der Waals surface area contributed by atoms with Gasteiger partial charge in [-0.1, -0.05) is 13.8 Å². The van der Waals surface area contributed by atoms with Crippen molar-refractivity contribution in [1.29, 1.82) is 0 Å². The van der Waals surface area contributed by atoms with Crippen molar-refractivity contribution in [2.24, 2.45) is 0 Å². The fourth-order valence-corrected chi connectivity index (χ4v) is 0.747. The van der Waals surface area contributed by atoms with Crippen LogP contribution < -0.4 is 9.79 Å². The maximum atomic E-state index is 9.29. The Morgan fingerprint density at radius 1 is 1.29 bits per heavy atom. The number of aryl methyl sites for hydroxylation is 2. The van der Waals surface area contributed by atoms with Gasteiger partial charge in [0, 0.05) is 0 Å². The molecule has 0 aliphatic rings. The SMILES string of the molecule is Cc1c[c-]cc(C)c1.[Mo+4].[O-]P([O-])(=S)[S-]. The molecule has 0 heterocycles. The molecule has 0 spiro atoms. The summed E-state index contributed by atoms with van der Waals surface area (Å²) in [5, 5.41) is 0. The van der Waals surface area contributed by atoms with Gasteiger partial charge in [0.05, 0.1) is 0 Å². The molecule has 0 aliphatic carbocycles. The van der Waals surface area contributed by atoms with Crippen LogP contribution in [0.25, 0.3) is 0 Å². The van der Waals surface area contributed by atoms with E-state index in [4.69, 9.17) is 0 Å². The van der Waals surface area contributed by atoms with Gasteiger partial charge in [0.15, 0.2) is 0 Å². The minimum absolute atomic E-state index is 0. The first-order valence-corrected chi connectivity index (χ1v) is 7.11. The summed E-state index contributed by atoms with van der Waals surface area (Å²) >= 11 is 7.28. The number of hydrogen-bond donors (Lipinski definition) is 0. The molecule has 0 fully saturated rings. The Hall–Kier alpha value is 0.828. The van der Waals surface area contributed by atoms with Crippen molar-refractivity contribution in [2.45, 2.75) is 13.8 Å². The number of benzene rings is 1. The van der Waals surface area contributed by atoms with Crippen LogP contribution in [-0.2, 0) is 45.1 Å². The van der Waals surface area contributed by atoms with E-state index in [9.17, 15) is 9.79 Å². The molecule has 0 aromatic heterocycles. The molecule has 1 rings (SSSR count). The second-order valence-corrected chi connectivity index (χ2v) is 7.01. The Kier molecular flexibility index (Phi) is 9.89. The Morgan fingerprint density at radius 2 is 1.57 bits per heavy atom. The van der Waals surface area contributed by atoms with Crippen LogP contribution >= 0.6 is 5.69 Å². The fourth-order valence-electron chi connectivity index (χ4n) is 0.747. The summed E-state index contributed by atoms with van der Waals surface area (Å²) in [7, 11) is 0. The Labute approximate surface area is 109 Å². The molecule has 76 valence electrons. The van der Waals surface area contributed by atoms with Crippen molar-refractivity contribution < 1.29 is 30.9 Å². The third-order valence-electron chi connectivity index (χ3n) is 1.08. The molecule has 0 saturated heterocycles. The monoisotopic (exact) mass is 330 g/mol. The maximum absolute atomic E-state index is 9.29. The van der Waals surface area contributed by atoms with Gasteiger partial charge in [-0.3, -0.25) is 0 Å². The van der Waals surface area contributed by atoms with Gasteiger partial charge in [0.25, 0.3) is 0 Å². The van der Waals surface area contributed by atoms with Gasteiger partial charge in [-0.25, -0.2) is 0 Å². The normalized spacial score (nSPS) is 9.50. The first-order valence-electron chi connectivity index (χ1n) is 3.46. The predicted molar refractivity (Wildman–Crippen MR) is 56.4 cm³/mol. The molecule has 0 unspecified atom stereocenters. The van der Waals surface area contributed by atoms with Crippen LogP contribution in [0, 0.1) is 19.9 Å². The van der Waals surface area contributed by atoms with Crippen LogP contribution in [-0.4, -0.2) is 0 Å². The molecule has 1 aromatic carbocycles. The molecule has 14 heavy (non-hydrogen) atoms. The average Bonchev–Trinajstić information content (AvgIpc) is 1.81. The maximum Gasteiger partial charge on any atom is 4.00 e. The molecule has 0 amide bonds. The van der Waals surface area contributed by atoms with Gasteiger partial charge in [-0.15, -0.1) is 0 Å². The Bertz CT molecular complexity index is 288. The summed E-state index contributed by atoms with van der Waals surface area (Å²) in [6, 6.07) is 9.12. The number of rotatable bonds is 0. The summed E-state index contributed by atoms with van der Waals surface area (Å²) in [5.41, 5.74) is -1.16. The van der Waals surface area contributed by atoms with E-state index >= 15 is 0 Å². The minimum atomic E-state index is -3.72. The van der Waals surface area contributed by atoms with Gasteiger partial charge in [0.2, 0.25) is 0 Å². The van der Waals surface area contributed by atoms with Crippen LogP contribution in [0.1, 0.15) is 11.1 Å². The van der Waals surface area contributed by atoms with Gasteiger partial charge < -0.3 is 27.7 Å². The molecular weight excluding hydrogens is 319 g/mol. The number of hydrogen-bond acceptors (Lipinski definition) is 4. The van der Waals surface area contributed by atoms with Gasteiger partial charge in [-0.2, -0.15) is 47.2 Å². The smallest absolute Gasteiger partial charge is 0.850 e. The van der Waals surface area contributed by atoms with Gasteiger partial charge in [-0.05, 0) is 0 Å². The first kappa shape index (κ1) is 17.2. The Morgan fingerprint density at radius 3 is 1.71 bits per heavy atom. The molecular formula is C8H9MoO2PS2. The van der Waals surface area contributed by atoms with Crippen molar-refractivity contribution >= 4 is 29.7 Å². The molecule has 0 N–H and O–H groups in total. The van der Waals surface area contributed by atoms with Crippen LogP contribution in [0.15, 0.2) is 18.2 Å². The molecule has 0 aliphatic heterocycles. The summed E-state index contributed by atoms with van der Waals surface area (Å²) < 4.78 is 0. The van der Waals surface area contributed by atoms with E-state index in [1.165, 1.54) is 11.1 Å². The topological polar surface area (TPSA) is 46.1 Å². The molecule has 0 bridgehead atoms. The second kappa shape index (κ2) is 8.04. The minimum Gasteiger partial charge on any atom is -0.850 e. The molecule has 6 heteroatoms. The molecule has 0 radical (unpaired) electrons. The van der Waals surface area contributed by atoms with Crippen LogP contribution in [0.2, 0.25) is 0 Å². The zero-order valence-corrected chi connectivity index (χ0v) is 12.3. The van der Waals surface area contributed by atoms with E-state index in [2.05, 4.69) is 50.0 Å². The molecule has 2 nitrogen and oxygen atoms in total. The predicted octanol–water partition coefficient (Wildman–Crippen LogP) is 0.580. The molecule has 1 aromatic rings. The molecule has 0 atom stereocenters. The van der Waals surface area contributed by atoms with Crippen molar-refractivity contribution in [3.8, 4) is 0 Å². The summed E-state index contributed by atoms with van der Waals surface area (Å²) in [4.78, 5) is 18.6. The van der Waals surface area contributed by atoms with Crippen LogP contribution in [0.5, 0.6) is 0 Å². The third-order valence-corrected chi connectivity index (χ3v) is 1.08. The van der Waals surface area contributed by atoms with E-state index in [0.717, 1.165) is 0 Å². The van der Waals surface area contributed by atoms with E-state index in [1.54, 1.807) is 0 Å². The van der Waals surface area contributed by atoms with E-state index in [0.29, 0.717) is 0 Å². The largest absolute Gasteiger partial charge is 4.00 e. The average molecular weight is 328 g/mol. The fraction of sp³-hybridized carbons (Fsp3) is 0.250.